The molecule has 1 aromatic carbocycles. The molecule has 17 heavy (non-hydrogen) atoms. The van der Waals surface area contributed by atoms with Crippen LogP contribution in [0.4, 0.5) is 4.39 Å². The van der Waals surface area contributed by atoms with Crippen molar-refractivity contribution < 1.29 is 23.5 Å². The van der Waals surface area contributed by atoms with Gasteiger partial charge in [-0.05, 0) is 24.6 Å². The van der Waals surface area contributed by atoms with Gasteiger partial charge in [0, 0.05) is 0 Å². The highest BCUT2D eigenvalue weighted by Crippen LogP contribution is 2.23. The number of hydrogen-bond acceptors (Lipinski definition) is 4. The van der Waals surface area contributed by atoms with Crippen LogP contribution >= 0.6 is 0 Å². The summed E-state index contributed by atoms with van der Waals surface area (Å²) in [5.74, 6) is -1.47. The van der Waals surface area contributed by atoms with Crippen LogP contribution in [-0.4, -0.2) is 26.0 Å². The fraction of sp³-hybridized carbons (Fsp3) is 0.333. The smallest absolute Gasteiger partial charge is 0.313 e. The maximum atomic E-state index is 13.4. The van der Waals surface area contributed by atoms with E-state index in [9.17, 15) is 14.0 Å². The van der Waals surface area contributed by atoms with Gasteiger partial charge in [-0.1, -0.05) is 0 Å². The van der Waals surface area contributed by atoms with E-state index >= 15 is 0 Å². The summed E-state index contributed by atoms with van der Waals surface area (Å²) < 4.78 is 22.7. The largest absolute Gasteiger partial charge is 0.496 e. The summed E-state index contributed by atoms with van der Waals surface area (Å²) >= 11 is 0. The predicted molar refractivity (Wildman–Crippen MR) is 58.7 cm³/mol. The second-order valence-electron chi connectivity index (χ2n) is 3.48. The molecule has 0 N–H and O–H groups in total. The molecule has 4 nitrogen and oxygen atoms in total. The molecule has 1 rings (SSSR count). The Morgan fingerprint density at radius 1 is 1.29 bits per heavy atom. The normalized spacial score (nSPS) is 9.88. The number of aryl methyl sites for hydroxylation is 1. The summed E-state index contributed by atoms with van der Waals surface area (Å²) in [7, 11) is 2.56. The zero-order chi connectivity index (χ0) is 13.0. The van der Waals surface area contributed by atoms with Gasteiger partial charge in [0.25, 0.3) is 0 Å². The number of carbonyl (C=O) groups is 2. The van der Waals surface area contributed by atoms with Gasteiger partial charge in [-0.3, -0.25) is 9.59 Å². The first-order valence-electron chi connectivity index (χ1n) is 4.93. The van der Waals surface area contributed by atoms with Crippen LogP contribution in [0.1, 0.15) is 22.3 Å². The monoisotopic (exact) mass is 240 g/mol. The Balaban J connectivity index is 3.08. The number of carbonyl (C=O) groups excluding carboxylic acids is 2. The van der Waals surface area contributed by atoms with E-state index in [1.54, 1.807) is 6.92 Å². The lowest BCUT2D eigenvalue weighted by molar-refractivity contribution is -0.139. The van der Waals surface area contributed by atoms with Crippen molar-refractivity contribution in [1.29, 1.82) is 0 Å². The van der Waals surface area contributed by atoms with Crippen molar-refractivity contribution in [2.45, 2.75) is 13.3 Å². The summed E-state index contributed by atoms with van der Waals surface area (Å²) in [4.78, 5) is 22.7. The van der Waals surface area contributed by atoms with Gasteiger partial charge in [0.05, 0.1) is 19.8 Å². The minimum absolute atomic E-state index is 0.0426. The number of esters is 1. The molecule has 0 radical (unpaired) electrons. The number of benzene rings is 1. The van der Waals surface area contributed by atoms with Crippen molar-refractivity contribution in [2.75, 3.05) is 14.2 Å². The first-order valence-corrected chi connectivity index (χ1v) is 4.93. The summed E-state index contributed by atoms with van der Waals surface area (Å²) in [6, 6.07) is 2.49. The number of rotatable bonds is 4. The van der Waals surface area contributed by atoms with Crippen molar-refractivity contribution >= 4 is 11.8 Å². The first kappa shape index (κ1) is 13.2. The van der Waals surface area contributed by atoms with Crippen LogP contribution in [0.15, 0.2) is 12.1 Å². The van der Waals surface area contributed by atoms with Crippen LogP contribution in [0.3, 0.4) is 0 Å². The number of ether oxygens (including phenoxy) is 2. The lowest BCUT2D eigenvalue weighted by atomic mass is 10.0. The predicted octanol–water partition coefficient (Wildman–Crippen LogP) is 1.89. The molecule has 0 unspecified atom stereocenters. The molecular formula is C12H13FO4. The molecule has 0 bridgehead atoms. The van der Waals surface area contributed by atoms with Crippen LogP contribution in [-0.2, 0) is 9.53 Å². The lowest BCUT2D eigenvalue weighted by Crippen LogP contribution is -2.11. The van der Waals surface area contributed by atoms with E-state index < -0.39 is 24.0 Å². The van der Waals surface area contributed by atoms with Gasteiger partial charge in [-0.2, -0.15) is 0 Å². The molecule has 0 aliphatic rings. The van der Waals surface area contributed by atoms with Crippen molar-refractivity contribution in [1.82, 2.24) is 0 Å². The third kappa shape index (κ3) is 3.03. The topological polar surface area (TPSA) is 52.6 Å². The second kappa shape index (κ2) is 5.43. The van der Waals surface area contributed by atoms with E-state index in [1.165, 1.54) is 20.3 Å². The van der Waals surface area contributed by atoms with E-state index in [4.69, 9.17) is 4.74 Å². The lowest BCUT2D eigenvalue weighted by Gasteiger charge is -2.09. The minimum atomic E-state index is -0.668. The third-order valence-corrected chi connectivity index (χ3v) is 2.31. The zero-order valence-electron chi connectivity index (χ0n) is 9.87. The molecule has 0 amide bonds. The number of halogens is 1. The molecular weight excluding hydrogens is 227 g/mol. The highest BCUT2D eigenvalue weighted by Gasteiger charge is 2.18. The molecule has 0 saturated heterocycles. The average molecular weight is 240 g/mol. The highest BCUT2D eigenvalue weighted by molar-refractivity contribution is 6.07. The van der Waals surface area contributed by atoms with Crippen LogP contribution in [0.25, 0.3) is 0 Å². The van der Waals surface area contributed by atoms with Gasteiger partial charge in [-0.15, -0.1) is 0 Å². The van der Waals surface area contributed by atoms with Crippen LogP contribution in [0.5, 0.6) is 5.75 Å². The number of ketones is 1. The average Bonchev–Trinajstić information content (AvgIpc) is 2.31. The zero-order valence-corrected chi connectivity index (χ0v) is 9.87. The highest BCUT2D eigenvalue weighted by atomic mass is 19.1. The summed E-state index contributed by atoms with van der Waals surface area (Å²) in [5.41, 5.74) is 0.414. The Labute approximate surface area is 98.3 Å². The molecule has 0 atom stereocenters. The van der Waals surface area contributed by atoms with Gasteiger partial charge >= 0.3 is 5.97 Å². The Bertz CT molecular complexity index is 454. The maximum Gasteiger partial charge on any atom is 0.313 e. The quantitative estimate of drug-likeness (QED) is 0.458. The molecule has 0 fully saturated rings. The molecule has 0 aliphatic heterocycles. The first-order chi connectivity index (χ1) is 7.99. The fourth-order valence-electron chi connectivity index (χ4n) is 1.34. The number of methoxy groups -OCH3 is 2. The Morgan fingerprint density at radius 2 is 1.94 bits per heavy atom. The molecule has 0 saturated carbocycles. The standard InChI is InChI=1S/C12H13FO4/c1-7-4-11(16-2)8(5-9(7)13)10(14)6-12(15)17-3/h4-5H,6H2,1-3H3. The van der Waals surface area contributed by atoms with E-state index in [-0.39, 0.29) is 11.3 Å². The van der Waals surface area contributed by atoms with Crippen LogP contribution in [0, 0.1) is 12.7 Å². The SMILES string of the molecule is COC(=O)CC(=O)c1cc(F)c(C)cc1OC. The van der Waals surface area contributed by atoms with Gasteiger partial charge in [-0.25, -0.2) is 4.39 Å². The van der Waals surface area contributed by atoms with Gasteiger partial charge in [0.1, 0.15) is 18.0 Å². The summed E-state index contributed by atoms with van der Waals surface area (Å²) in [6.07, 6.45) is -0.435. The third-order valence-electron chi connectivity index (χ3n) is 2.31. The summed E-state index contributed by atoms with van der Waals surface area (Å²) in [6.45, 7) is 1.56. The van der Waals surface area contributed by atoms with Crippen LogP contribution in [0.2, 0.25) is 0 Å². The van der Waals surface area contributed by atoms with E-state index in [1.807, 2.05) is 0 Å². The maximum absolute atomic E-state index is 13.4. The van der Waals surface area contributed by atoms with Crippen molar-refractivity contribution in [3.8, 4) is 5.75 Å². The molecule has 0 heterocycles. The Hall–Kier alpha value is -1.91. The van der Waals surface area contributed by atoms with Crippen molar-refractivity contribution in [3.05, 3.63) is 29.1 Å². The van der Waals surface area contributed by atoms with E-state index in [0.29, 0.717) is 5.56 Å². The molecule has 1 aromatic rings. The minimum Gasteiger partial charge on any atom is -0.496 e. The van der Waals surface area contributed by atoms with Gasteiger partial charge in [0.2, 0.25) is 0 Å². The van der Waals surface area contributed by atoms with Crippen molar-refractivity contribution in [2.24, 2.45) is 0 Å². The number of hydrogen-bond donors (Lipinski definition) is 0. The van der Waals surface area contributed by atoms with Crippen LogP contribution < -0.4 is 4.74 Å². The Morgan fingerprint density at radius 3 is 2.47 bits per heavy atom. The Kier molecular flexibility index (Phi) is 4.20. The molecule has 5 heteroatoms. The van der Waals surface area contributed by atoms with Gasteiger partial charge < -0.3 is 9.47 Å². The second-order valence-corrected chi connectivity index (χ2v) is 3.48. The van der Waals surface area contributed by atoms with Crippen molar-refractivity contribution in [3.63, 3.8) is 0 Å². The number of Topliss-reactive ketones (excluding diaryl/α,β-unsaturated/α-hetero) is 1. The molecule has 0 aromatic heterocycles. The van der Waals surface area contributed by atoms with E-state index in [0.717, 1.165) is 6.07 Å². The van der Waals surface area contributed by atoms with Gasteiger partial charge in [0.15, 0.2) is 5.78 Å². The summed E-state index contributed by atoms with van der Waals surface area (Å²) in [5, 5.41) is 0. The molecule has 92 valence electrons. The molecule has 0 spiro atoms. The fourth-order valence-corrected chi connectivity index (χ4v) is 1.34. The molecule has 0 aliphatic carbocycles. The van der Waals surface area contributed by atoms with E-state index in [2.05, 4.69) is 4.74 Å².